The molecule has 0 amide bonds. The summed E-state index contributed by atoms with van der Waals surface area (Å²) in [6.45, 7) is 0. The zero-order valence-electron chi connectivity index (χ0n) is 10.2. The zero-order chi connectivity index (χ0) is 14.0. The molecule has 0 spiro atoms. The van der Waals surface area contributed by atoms with Gasteiger partial charge in [0.25, 0.3) is 0 Å². The standard InChI is InChI=1S/C14H12BrClFNO/c1-19-9-4-2-3-8(7-9)14(18)10-5-6-11(15)12(16)13(10)17/h2-7,14H,18H2,1H3. The molecule has 0 heterocycles. The Morgan fingerprint density at radius 2 is 2.05 bits per heavy atom. The second-order valence-electron chi connectivity index (χ2n) is 4.02. The van der Waals surface area contributed by atoms with Gasteiger partial charge in [0.1, 0.15) is 11.6 Å². The van der Waals surface area contributed by atoms with Gasteiger partial charge in [-0.15, -0.1) is 0 Å². The molecule has 1 atom stereocenters. The van der Waals surface area contributed by atoms with Crippen LogP contribution in [0.2, 0.25) is 5.02 Å². The monoisotopic (exact) mass is 343 g/mol. The number of hydrogen-bond donors (Lipinski definition) is 1. The molecule has 2 nitrogen and oxygen atoms in total. The van der Waals surface area contributed by atoms with Gasteiger partial charge in [-0.25, -0.2) is 4.39 Å². The Labute approximate surface area is 124 Å². The minimum atomic E-state index is -0.597. The van der Waals surface area contributed by atoms with E-state index in [4.69, 9.17) is 22.1 Å². The van der Waals surface area contributed by atoms with E-state index in [9.17, 15) is 4.39 Å². The highest BCUT2D eigenvalue weighted by molar-refractivity contribution is 9.10. The van der Waals surface area contributed by atoms with Crippen molar-refractivity contribution >= 4 is 27.5 Å². The molecule has 0 aliphatic rings. The van der Waals surface area contributed by atoms with Crippen molar-refractivity contribution in [1.29, 1.82) is 0 Å². The number of rotatable bonds is 3. The molecule has 0 saturated carbocycles. The smallest absolute Gasteiger partial charge is 0.148 e. The van der Waals surface area contributed by atoms with Gasteiger partial charge in [-0.05, 0) is 39.7 Å². The highest BCUT2D eigenvalue weighted by Crippen LogP contribution is 2.32. The van der Waals surface area contributed by atoms with E-state index >= 15 is 0 Å². The molecule has 0 fully saturated rings. The number of nitrogens with two attached hydrogens (primary N) is 1. The van der Waals surface area contributed by atoms with Crippen LogP contribution in [0.1, 0.15) is 17.2 Å². The van der Waals surface area contributed by atoms with Crippen LogP contribution in [0.4, 0.5) is 4.39 Å². The predicted molar refractivity (Wildman–Crippen MR) is 78.1 cm³/mol. The summed E-state index contributed by atoms with van der Waals surface area (Å²) in [6.07, 6.45) is 0. The zero-order valence-corrected chi connectivity index (χ0v) is 12.5. The van der Waals surface area contributed by atoms with Crippen LogP contribution in [-0.2, 0) is 0 Å². The van der Waals surface area contributed by atoms with E-state index in [0.717, 1.165) is 5.56 Å². The molecule has 0 bridgehead atoms. The molecule has 1 unspecified atom stereocenters. The minimum absolute atomic E-state index is 0.0378. The molecule has 2 aromatic rings. The fourth-order valence-corrected chi connectivity index (χ4v) is 2.27. The van der Waals surface area contributed by atoms with Crippen molar-refractivity contribution in [2.45, 2.75) is 6.04 Å². The second-order valence-corrected chi connectivity index (χ2v) is 5.25. The lowest BCUT2D eigenvalue weighted by molar-refractivity contribution is 0.414. The molecule has 2 aromatic carbocycles. The Bertz CT molecular complexity index is 606. The lowest BCUT2D eigenvalue weighted by Gasteiger charge is -2.15. The Morgan fingerprint density at radius 1 is 1.32 bits per heavy atom. The van der Waals surface area contributed by atoms with Crippen LogP contribution in [-0.4, -0.2) is 7.11 Å². The van der Waals surface area contributed by atoms with Crippen LogP contribution in [0.25, 0.3) is 0 Å². The Balaban J connectivity index is 2.44. The van der Waals surface area contributed by atoms with Gasteiger partial charge in [0.2, 0.25) is 0 Å². The van der Waals surface area contributed by atoms with Crippen LogP contribution in [0, 0.1) is 5.82 Å². The summed E-state index contributed by atoms with van der Waals surface area (Å²) in [5, 5.41) is 0.0378. The summed E-state index contributed by atoms with van der Waals surface area (Å²) in [6, 6.07) is 9.92. The normalized spacial score (nSPS) is 12.3. The lowest BCUT2D eigenvalue weighted by Crippen LogP contribution is -2.14. The highest BCUT2D eigenvalue weighted by Gasteiger charge is 2.17. The summed E-state index contributed by atoms with van der Waals surface area (Å²) >= 11 is 9.05. The van der Waals surface area contributed by atoms with Gasteiger partial charge in [-0.1, -0.05) is 29.8 Å². The van der Waals surface area contributed by atoms with Gasteiger partial charge < -0.3 is 10.5 Å². The number of methoxy groups -OCH3 is 1. The van der Waals surface area contributed by atoms with Gasteiger partial charge in [-0.2, -0.15) is 0 Å². The first kappa shape index (κ1) is 14.3. The van der Waals surface area contributed by atoms with E-state index < -0.39 is 11.9 Å². The van der Waals surface area contributed by atoms with E-state index in [2.05, 4.69) is 15.9 Å². The summed E-state index contributed by atoms with van der Waals surface area (Å²) in [5.74, 6) is 0.169. The van der Waals surface area contributed by atoms with Crippen LogP contribution >= 0.6 is 27.5 Å². The molecule has 0 aliphatic heterocycles. The third-order valence-corrected chi connectivity index (χ3v) is 4.11. The van der Waals surface area contributed by atoms with Crippen molar-refractivity contribution in [1.82, 2.24) is 0 Å². The number of ether oxygens (including phenoxy) is 1. The topological polar surface area (TPSA) is 35.2 Å². The maximum Gasteiger partial charge on any atom is 0.148 e. The second kappa shape index (κ2) is 5.90. The Hall–Kier alpha value is -1.10. The fraction of sp³-hybridized carbons (Fsp3) is 0.143. The minimum Gasteiger partial charge on any atom is -0.497 e. The average Bonchev–Trinajstić information content (AvgIpc) is 2.44. The first-order valence-electron chi connectivity index (χ1n) is 5.57. The number of benzene rings is 2. The van der Waals surface area contributed by atoms with E-state index in [1.54, 1.807) is 31.4 Å². The van der Waals surface area contributed by atoms with Crippen LogP contribution in [0.5, 0.6) is 5.75 Å². The maximum absolute atomic E-state index is 14.1. The summed E-state index contributed by atoms with van der Waals surface area (Å²) in [7, 11) is 1.57. The molecule has 0 saturated heterocycles. The van der Waals surface area contributed by atoms with Crippen LogP contribution in [0.3, 0.4) is 0 Å². The van der Waals surface area contributed by atoms with E-state index in [-0.39, 0.29) is 5.02 Å². The lowest BCUT2D eigenvalue weighted by atomic mass is 9.99. The Morgan fingerprint density at radius 3 is 2.74 bits per heavy atom. The molecule has 0 radical (unpaired) electrons. The van der Waals surface area contributed by atoms with Gasteiger partial charge >= 0.3 is 0 Å². The van der Waals surface area contributed by atoms with Crippen molar-refractivity contribution in [2.24, 2.45) is 5.73 Å². The maximum atomic E-state index is 14.1. The first-order chi connectivity index (χ1) is 9.04. The summed E-state index contributed by atoms with van der Waals surface area (Å²) in [4.78, 5) is 0. The van der Waals surface area contributed by atoms with Crippen molar-refractivity contribution in [3.63, 3.8) is 0 Å². The molecular weight excluding hydrogens is 333 g/mol. The predicted octanol–water partition coefficient (Wildman–Crippen LogP) is 4.30. The largest absolute Gasteiger partial charge is 0.497 e. The SMILES string of the molecule is COc1cccc(C(N)c2ccc(Br)c(Cl)c2F)c1. The van der Waals surface area contributed by atoms with E-state index in [0.29, 0.717) is 15.8 Å². The molecule has 2 rings (SSSR count). The molecule has 2 N–H and O–H groups in total. The van der Waals surface area contributed by atoms with Crippen LogP contribution in [0.15, 0.2) is 40.9 Å². The van der Waals surface area contributed by atoms with Crippen molar-refractivity contribution in [2.75, 3.05) is 7.11 Å². The number of hydrogen-bond acceptors (Lipinski definition) is 2. The molecule has 0 aromatic heterocycles. The quantitative estimate of drug-likeness (QED) is 0.843. The Kier molecular flexibility index (Phi) is 4.45. The van der Waals surface area contributed by atoms with Gasteiger partial charge in [0.05, 0.1) is 18.2 Å². The molecular formula is C14H12BrClFNO. The van der Waals surface area contributed by atoms with Gasteiger partial charge in [0.15, 0.2) is 0 Å². The molecule has 19 heavy (non-hydrogen) atoms. The van der Waals surface area contributed by atoms with E-state index in [1.807, 2.05) is 12.1 Å². The van der Waals surface area contributed by atoms with Crippen LogP contribution < -0.4 is 10.5 Å². The third-order valence-electron chi connectivity index (χ3n) is 2.85. The third kappa shape index (κ3) is 2.91. The summed E-state index contributed by atoms with van der Waals surface area (Å²) in [5.41, 5.74) is 7.20. The van der Waals surface area contributed by atoms with Crippen molar-refractivity contribution in [3.05, 3.63) is 62.8 Å². The van der Waals surface area contributed by atoms with Gasteiger partial charge in [-0.3, -0.25) is 0 Å². The molecule has 0 aliphatic carbocycles. The van der Waals surface area contributed by atoms with Gasteiger partial charge in [0, 0.05) is 10.0 Å². The molecule has 5 heteroatoms. The van der Waals surface area contributed by atoms with Crippen molar-refractivity contribution < 1.29 is 9.13 Å². The molecule has 100 valence electrons. The summed E-state index contributed by atoms with van der Waals surface area (Å²) < 4.78 is 19.7. The average molecular weight is 345 g/mol. The van der Waals surface area contributed by atoms with E-state index in [1.165, 1.54) is 0 Å². The number of halogens is 3. The fourth-order valence-electron chi connectivity index (χ4n) is 1.80. The first-order valence-corrected chi connectivity index (χ1v) is 6.74. The highest BCUT2D eigenvalue weighted by atomic mass is 79.9. The van der Waals surface area contributed by atoms with Crippen molar-refractivity contribution in [3.8, 4) is 5.75 Å².